The summed E-state index contributed by atoms with van der Waals surface area (Å²) in [6.45, 7) is 1.86. The second kappa shape index (κ2) is 4.85. The van der Waals surface area contributed by atoms with Crippen molar-refractivity contribution in [3.63, 3.8) is 0 Å². The Morgan fingerprint density at radius 3 is 2.69 bits per heavy atom. The molecule has 2 rings (SSSR count). The van der Waals surface area contributed by atoms with Gasteiger partial charge in [0, 0.05) is 6.04 Å². The normalized spacial score (nSPS) is 26.9. The lowest BCUT2D eigenvalue weighted by Crippen LogP contribution is -2.39. The maximum atomic E-state index is 9.31. The van der Waals surface area contributed by atoms with E-state index in [1.807, 2.05) is 12.1 Å². The number of rotatable bonds is 2. The zero-order valence-corrected chi connectivity index (χ0v) is 9.76. The number of nitrogens with zero attached hydrogens (tertiary/aromatic N) is 1. The van der Waals surface area contributed by atoms with Gasteiger partial charge < -0.3 is 10.8 Å². The highest BCUT2D eigenvalue weighted by Gasteiger charge is 2.29. The Bertz CT molecular complexity index is 336. The summed E-state index contributed by atoms with van der Waals surface area (Å²) in [6.07, 6.45) is 2.43. The summed E-state index contributed by atoms with van der Waals surface area (Å²) >= 11 is 0. The Morgan fingerprint density at radius 1 is 1.38 bits per heavy atom. The first-order valence-electron chi connectivity index (χ1n) is 5.91. The van der Waals surface area contributed by atoms with Gasteiger partial charge in [-0.3, -0.25) is 4.90 Å². The molecule has 1 heterocycles. The maximum Gasteiger partial charge on any atom is 0.115 e. The largest absolute Gasteiger partial charge is 0.508 e. The van der Waals surface area contributed by atoms with Crippen molar-refractivity contribution in [1.82, 2.24) is 4.90 Å². The molecule has 1 saturated heterocycles. The molecule has 0 saturated carbocycles. The van der Waals surface area contributed by atoms with E-state index < -0.39 is 0 Å². The van der Waals surface area contributed by atoms with Gasteiger partial charge in [-0.25, -0.2) is 0 Å². The maximum absolute atomic E-state index is 9.31. The molecule has 0 bridgehead atoms. The number of likely N-dealkylation sites (tertiary alicyclic amines) is 1. The van der Waals surface area contributed by atoms with Crippen molar-refractivity contribution in [2.24, 2.45) is 11.7 Å². The molecule has 1 aliphatic heterocycles. The number of aromatic hydroxyl groups is 1. The SMILES string of the molecule is CN1CCC[C@H](CN)[C@H]1c1ccc(O)cc1. The van der Waals surface area contributed by atoms with Crippen LogP contribution in [0.15, 0.2) is 24.3 Å². The lowest BCUT2D eigenvalue weighted by molar-refractivity contribution is 0.125. The second-order valence-electron chi connectivity index (χ2n) is 4.65. The van der Waals surface area contributed by atoms with Gasteiger partial charge in [-0.1, -0.05) is 12.1 Å². The summed E-state index contributed by atoms with van der Waals surface area (Å²) in [5.74, 6) is 0.856. The first-order chi connectivity index (χ1) is 7.72. The molecule has 0 aromatic heterocycles. The third-order valence-electron chi connectivity index (χ3n) is 3.54. The van der Waals surface area contributed by atoms with Gasteiger partial charge in [0.15, 0.2) is 0 Å². The van der Waals surface area contributed by atoms with E-state index in [2.05, 4.69) is 11.9 Å². The minimum atomic E-state index is 0.325. The van der Waals surface area contributed by atoms with Crippen LogP contribution < -0.4 is 5.73 Å². The van der Waals surface area contributed by atoms with Crippen LogP contribution in [-0.2, 0) is 0 Å². The summed E-state index contributed by atoms with van der Waals surface area (Å²) in [7, 11) is 2.15. The van der Waals surface area contributed by atoms with Crippen molar-refractivity contribution in [3.8, 4) is 5.75 Å². The van der Waals surface area contributed by atoms with Crippen molar-refractivity contribution in [2.45, 2.75) is 18.9 Å². The molecule has 0 unspecified atom stereocenters. The number of phenolic OH excluding ortho intramolecular Hbond substituents is 1. The lowest BCUT2D eigenvalue weighted by Gasteiger charge is -2.39. The van der Waals surface area contributed by atoms with Crippen molar-refractivity contribution < 1.29 is 5.11 Å². The van der Waals surface area contributed by atoms with E-state index in [4.69, 9.17) is 5.73 Å². The van der Waals surface area contributed by atoms with Gasteiger partial charge in [0.1, 0.15) is 5.75 Å². The fourth-order valence-corrected chi connectivity index (χ4v) is 2.70. The molecule has 1 fully saturated rings. The number of phenols is 1. The van der Waals surface area contributed by atoms with Crippen LogP contribution in [0.25, 0.3) is 0 Å². The number of benzene rings is 1. The second-order valence-corrected chi connectivity index (χ2v) is 4.65. The predicted octanol–water partition coefficient (Wildman–Crippen LogP) is 1.73. The molecule has 0 radical (unpaired) electrons. The lowest BCUT2D eigenvalue weighted by atomic mass is 9.85. The first kappa shape index (κ1) is 11.4. The zero-order chi connectivity index (χ0) is 11.5. The third kappa shape index (κ3) is 2.20. The number of hydrogen-bond acceptors (Lipinski definition) is 3. The first-order valence-corrected chi connectivity index (χ1v) is 5.91. The quantitative estimate of drug-likeness (QED) is 0.798. The molecule has 3 nitrogen and oxygen atoms in total. The topological polar surface area (TPSA) is 49.5 Å². The van der Waals surface area contributed by atoms with Gasteiger partial charge >= 0.3 is 0 Å². The predicted molar refractivity (Wildman–Crippen MR) is 65.3 cm³/mol. The van der Waals surface area contributed by atoms with E-state index in [-0.39, 0.29) is 0 Å². The summed E-state index contributed by atoms with van der Waals surface area (Å²) < 4.78 is 0. The van der Waals surface area contributed by atoms with Gasteiger partial charge in [-0.05, 0) is 56.6 Å². The fraction of sp³-hybridized carbons (Fsp3) is 0.538. The molecule has 0 aliphatic carbocycles. The van der Waals surface area contributed by atoms with Crippen LogP contribution in [0.1, 0.15) is 24.4 Å². The molecule has 2 atom stereocenters. The molecule has 0 amide bonds. The highest BCUT2D eigenvalue weighted by molar-refractivity contribution is 5.28. The van der Waals surface area contributed by atoms with Gasteiger partial charge in [-0.2, -0.15) is 0 Å². The molecular weight excluding hydrogens is 200 g/mol. The van der Waals surface area contributed by atoms with Crippen LogP contribution in [0, 0.1) is 5.92 Å². The fourth-order valence-electron chi connectivity index (χ4n) is 2.70. The van der Waals surface area contributed by atoms with Crippen molar-refractivity contribution >= 4 is 0 Å². The Labute approximate surface area is 96.9 Å². The molecule has 3 N–H and O–H groups in total. The van der Waals surface area contributed by atoms with Crippen molar-refractivity contribution in [2.75, 3.05) is 20.1 Å². The molecule has 1 aromatic carbocycles. The summed E-state index contributed by atoms with van der Waals surface area (Å²) in [5.41, 5.74) is 7.11. The number of nitrogens with two attached hydrogens (primary N) is 1. The zero-order valence-electron chi connectivity index (χ0n) is 9.76. The average Bonchev–Trinajstić information content (AvgIpc) is 2.30. The van der Waals surface area contributed by atoms with Gasteiger partial charge in [0.25, 0.3) is 0 Å². The van der Waals surface area contributed by atoms with E-state index in [0.29, 0.717) is 17.7 Å². The Hall–Kier alpha value is -1.06. The van der Waals surface area contributed by atoms with Crippen molar-refractivity contribution in [1.29, 1.82) is 0 Å². The van der Waals surface area contributed by atoms with Crippen molar-refractivity contribution in [3.05, 3.63) is 29.8 Å². The molecule has 0 spiro atoms. The highest BCUT2D eigenvalue weighted by Crippen LogP contribution is 2.34. The Balaban J connectivity index is 2.24. The summed E-state index contributed by atoms with van der Waals surface area (Å²) in [4.78, 5) is 2.37. The minimum absolute atomic E-state index is 0.325. The van der Waals surface area contributed by atoms with E-state index in [1.54, 1.807) is 12.1 Å². The Morgan fingerprint density at radius 2 is 2.06 bits per heavy atom. The molecule has 1 aromatic rings. The number of hydrogen-bond donors (Lipinski definition) is 2. The van der Waals surface area contributed by atoms with Crippen LogP contribution in [0.4, 0.5) is 0 Å². The van der Waals surface area contributed by atoms with Crippen LogP contribution in [-0.4, -0.2) is 30.1 Å². The molecule has 1 aliphatic rings. The van der Waals surface area contributed by atoms with Gasteiger partial charge in [-0.15, -0.1) is 0 Å². The van der Waals surface area contributed by atoms with Crippen LogP contribution in [0.2, 0.25) is 0 Å². The van der Waals surface area contributed by atoms with Crippen LogP contribution >= 0.6 is 0 Å². The third-order valence-corrected chi connectivity index (χ3v) is 3.54. The monoisotopic (exact) mass is 220 g/mol. The molecule has 88 valence electrons. The van der Waals surface area contributed by atoms with E-state index in [9.17, 15) is 5.11 Å². The van der Waals surface area contributed by atoms with E-state index in [1.165, 1.54) is 18.4 Å². The average molecular weight is 220 g/mol. The minimum Gasteiger partial charge on any atom is -0.508 e. The van der Waals surface area contributed by atoms with Crippen LogP contribution in [0.5, 0.6) is 5.75 Å². The highest BCUT2D eigenvalue weighted by atomic mass is 16.3. The number of piperidine rings is 1. The van der Waals surface area contributed by atoms with Gasteiger partial charge in [0.05, 0.1) is 0 Å². The molecule has 3 heteroatoms. The standard InChI is InChI=1S/C13H20N2O/c1-15-8-2-3-11(9-14)13(15)10-4-6-12(16)7-5-10/h4-7,11,13,16H,2-3,8-9,14H2,1H3/t11-,13-/m1/s1. The van der Waals surface area contributed by atoms with Crippen LogP contribution in [0.3, 0.4) is 0 Å². The summed E-state index contributed by atoms with van der Waals surface area (Å²) in [6, 6.07) is 7.92. The smallest absolute Gasteiger partial charge is 0.115 e. The van der Waals surface area contributed by atoms with Gasteiger partial charge in [0.2, 0.25) is 0 Å². The molecule has 16 heavy (non-hydrogen) atoms. The van der Waals surface area contributed by atoms with E-state index >= 15 is 0 Å². The molecular formula is C13H20N2O. The Kier molecular flexibility index (Phi) is 3.46. The van der Waals surface area contributed by atoms with E-state index in [0.717, 1.165) is 13.1 Å². The summed E-state index contributed by atoms with van der Waals surface area (Å²) in [5, 5.41) is 9.31.